The van der Waals surface area contributed by atoms with Crippen molar-refractivity contribution >= 4 is 21.9 Å². The average Bonchev–Trinajstić information content (AvgIpc) is 3.28. The maximum Gasteiger partial charge on any atom is 0.154 e. The van der Waals surface area contributed by atoms with Gasteiger partial charge >= 0.3 is 0 Å². The van der Waals surface area contributed by atoms with Gasteiger partial charge in [0.05, 0.1) is 56.7 Å². The number of halogens is 1. The maximum atomic E-state index is 13.2. The fourth-order valence-electron chi connectivity index (χ4n) is 4.40. The average molecular weight is 508 g/mol. The van der Waals surface area contributed by atoms with Gasteiger partial charge in [-0.2, -0.15) is 5.10 Å². The van der Waals surface area contributed by atoms with E-state index in [1.54, 1.807) is 29.1 Å². The summed E-state index contributed by atoms with van der Waals surface area (Å²) in [6.07, 6.45) is 2.75. The molecule has 188 valence electrons. The fraction of sp³-hybridized carbons (Fsp3) is 0.370. The van der Waals surface area contributed by atoms with E-state index in [1.165, 1.54) is 0 Å². The number of pyridine rings is 2. The predicted molar refractivity (Wildman–Crippen MR) is 139 cm³/mol. The molecule has 2 atom stereocenters. The van der Waals surface area contributed by atoms with Crippen molar-refractivity contribution in [2.24, 2.45) is 5.92 Å². The molecule has 0 unspecified atom stereocenters. The Bertz CT molecular complexity index is 1410. The van der Waals surface area contributed by atoms with Gasteiger partial charge in [-0.15, -0.1) is 0 Å². The van der Waals surface area contributed by atoms with E-state index in [4.69, 9.17) is 4.98 Å². The SMILES string of the molecule is CC(C)(C)[S@@](=O)N[C@H](c1cccc(-c2ccc3cnn(-c4cccc(CF)n4)c3c2)n1)C1CC(O)C1. The Morgan fingerprint density at radius 1 is 1.14 bits per heavy atom. The van der Waals surface area contributed by atoms with Gasteiger partial charge in [0.2, 0.25) is 0 Å². The van der Waals surface area contributed by atoms with E-state index in [0.717, 1.165) is 27.9 Å². The van der Waals surface area contributed by atoms with Crippen molar-refractivity contribution in [1.29, 1.82) is 0 Å². The normalized spacial score (nSPS) is 19.7. The summed E-state index contributed by atoms with van der Waals surface area (Å²) in [4.78, 5) is 9.32. The number of benzene rings is 1. The number of aliphatic hydroxyl groups excluding tert-OH is 1. The highest BCUT2D eigenvalue weighted by Gasteiger charge is 2.37. The van der Waals surface area contributed by atoms with Gasteiger partial charge in [-0.25, -0.2) is 23.0 Å². The molecule has 0 spiro atoms. The topological polar surface area (TPSA) is 92.9 Å². The summed E-state index contributed by atoms with van der Waals surface area (Å²) in [5.41, 5.74) is 3.67. The number of nitrogens with zero attached hydrogens (tertiary/aromatic N) is 4. The molecule has 2 N–H and O–H groups in total. The van der Waals surface area contributed by atoms with Crippen LogP contribution in [0, 0.1) is 5.92 Å². The van der Waals surface area contributed by atoms with E-state index >= 15 is 0 Å². The van der Waals surface area contributed by atoms with Crippen LogP contribution in [0.2, 0.25) is 0 Å². The molecule has 36 heavy (non-hydrogen) atoms. The van der Waals surface area contributed by atoms with Crippen LogP contribution in [-0.4, -0.2) is 39.9 Å². The molecule has 3 aromatic heterocycles. The second kappa shape index (κ2) is 9.80. The summed E-state index contributed by atoms with van der Waals surface area (Å²) in [5.74, 6) is 0.711. The number of hydrogen-bond acceptors (Lipinski definition) is 5. The minimum absolute atomic E-state index is 0.159. The number of aliphatic hydroxyl groups is 1. The predicted octanol–water partition coefficient (Wildman–Crippen LogP) is 4.82. The van der Waals surface area contributed by atoms with Crippen LogP contribution in [0.5, 0.6) is 0 Å². The summed E-state index contributed by atoms with van der Waals surface area (Å²) >= 11 is 0. The van der Waals surface area contributed by atoms with Crippen molar-refractivity contribution < 1.29 is 13.7 Å². The number of alkyl halides is 1. The first kappa shape index (κ1) is 24.7. The lowest BCUT2D eigenvalue weighted by molar-refractivity contribution is 0.0275. The van der Waals surface area contributed by atoms with Crippen LogP contribution in [-0.2, 0) is 17.7 Å². The van der Waals surface area contributed by atoms with Crippen LogP contribution in [0.15, 0.2) is 60.8 Å². The highest BCUT2D eigenvalue weighted by Crippen LogP contribution is 2.39. The van der Waals surface area contributed by atoms with E-state index in [1.807, 2.05) is 57.2 Å². The molecular weight excluding hydrogens is 477 g/mol. The molecule has 0 amide bonds. The molecule has 1 aliphatic carbocycles. The molecule has 0 saturated heterocycles. The Morgan fingerprint density at radius 3 is 2.64 bits per heavy atom. The molecule has 0 aliphatic heterocycles. The largest absolute Gasteiger partial charge is 0.393 e. The summed E-state index contributed by atoms with van der Waals surface area (Å²) in [6.45, 7) is 5.16. The smallest absolute Gasteiger partial charge is 0.154 e. The quantitative estimate of drug-likeness (QED) is 0.374. The molecule has 1 aliphatic rings. The zero-order chi connectivity index (χ0) is 25.4. The zero-order valence-corrected chi connectivity index (χ0v) is 21.4. The van der Waals surface area contributed by atoms with Crippen molar-refractivity contribution in [3.63, 3.8) is 0 Å². The highest BCUT2D eigenvalue weighted by molar-refractivity contribution is 7.84. The van der Waals surface area contributed by atoms with E-state index in [2.05, 4.69) is 14.8 Å². The molecule has 5 rings (SSSR count). The summed E-state index contributed by atoms with van der Waals surface area (Å²) in [6, 6.07) is 16.8. The summed E-state index contributed by atoms with van der Waals surface area (Å²) < 4.78 is 30.7. The lowest BCUT2D eigenvalue weighted by Crippen LogP contribution is -2.43. The van der Waals surface area contributed by atoms with Crippen molar-refractivity contribution in [3.05, 3.63) is 72.2 Å². The fourth-order valence-corrected chi connectivity index (χ4v) is 5.29. The Labute approximate surface area is 212 Å². The molecule has 0 bridgehead atoms. The second-order valence-corrected chi connectivity index (χ2v) is 12.3. The molecule has 1 fully saturated rings. The lowest BCUT2D eigenvalue weighted by Gasteiger charge is -2.38. The maximum absolute atomic E-state index is 13.2. The Morgan fingerprint density at radius 2 is 1.92 bits per heavy atom. The van der Waals surface area contributed by atoms with Crippen molar-refractivity contribution in [2.75, 3.05) is 0 Å². The Hall–Kier alpha value is -3.01. The van der Waals surface area contributed by atoms with Crippen molar-refractivity contribution in [2.45, 2.75) is 57.2 Å². The van der Waals surface area contributed by atoms with Crippen LogP contribution in [0.25, 0.3) is 28.0 Å². The molecule has 1 aromatic carbocycles. The molecule has 0 radical (unpaired) electrons. The van der Waals surface area contributed by atoms with E-state index < -0.39 is 22.4 Å². The first-order valence-corrected chi connectivity index (χ1v) is 13.2. The number of rotatable bonds is 7. The van der Waals surface area contributed by atoms with Crippen LogP contribution in [0.3, 0.4) is 0 Å². The highest BCUT2D eigenvalue weighted by atomic mass is 32.2. The Kier molecular flexibility index (Phi) is 6.72. The lowest BCUT2D eigenvalue weighted by atomic mass is 9.76. The number of aromatic nitrogens is 4. The molecule has 1 saturated carbocycles. The monoisotopic (exact) mass is 507 g/mol. The molecule has 7 nitrogen and oxygen atoms in total. The summed E-state index contributed by atoms with van der Waals surface area (Å²) in [7, 11) is -1.28. The van der Waals surface area contributed by atoms with Gasteiger partial charge in [-0.05, 0) is 69.9 Å². The molecule has 4 aromatic rings. The third kappa shape index (κ3) is 4.96. The number of hydrogen-bond donors (Lipinski definition) is 2. The minimum atomic E-state index is -1.28. The van der Waals surface area contributed by atoms with E-state index in [0.29, 0.717) is 24.4 Å². The van der Waals surface area contributed by atoms with Crippen LogP contribution in [0.1, 0.15) is 51.0 Å². The molecular formula is C27H30FN5O2S. The molecule has 9 heteroatoms. The third-order valence-electron chi connectivity index (χ3n) is 6.51. The number of fused-ring (bicyclic) bond motifs is 1. The first-order valence-electron chi connectivity index (χ1n) is 12.1. The van der Waals surface area contributed by atoms with Gasteiger partial charge in [0.1, 0.15) is 6.67 Å². The van der Waals surface area contributed by atoms with Crippen molar-refractivity contribution in [3.8, 4) is 17.1 Å². The van der Waals surface area contributed by atoms with Gasteiger partial charge in [-0.3, -0.25) is 4.98 Å². The standard InChI is InChI=1S/C27H30FN5O2S/c1-27(2,3)36(35)32-26(19-12-21(34)13-19)23-8-5-7-22(31-23)17-10-11-18-16-29-33(24(18)14-17)25-9-4-6-20(15-28)30-25/h4-11,14,16,19,21,26,32,34H,12-13,15H2,1-3H3/t19?,21?,26-,36+/m0/s1. The van der Waals surface area contributed by atoms with Gasteiger partial charge in [0, 0.05) is 10.9 Å². The van der Waals surface area contributed by atoms with Crippen molar-refractivity contribution in [1.82, 2.24) is 24.5 Å². The van der Waals surface area contributed by atoms with Gasteiger partial charge in [0.25, 0.3) is 0 Å². The second-order valence-electron chi connectivity index (χ2n) is 10.3. The number of nitrogens with one attached hydrogen (secondary N) is 1. The van der Waals surface area contributed by atoms with Gasteiger partial charge in [-0.1, -0.05) is 24.3 Å². The zero-order valence-electron chi connectivity index (χ0n) is 20.6. The minimum Gasteiger partial charge on any atom is -0.393 e. The first-order chi connectivity index (χ1) is 17.2. The molecule has 3 heterocycles. The van der Waals surface area contributed by atoms with E-state index in [-0.39, 0.29) is 18.1 Å². The summed E-state index contributed by atoms with van der Waals surface area (Å²) in [5, 5.41) is 15.3. The van der Waals surface area contributed by atoms with Gasteiger partial charge in [0.15, 0.2) is 5.82 Å². The van der Waals surface area contributed by atoms with Crippen LogP contribution >= 0.6 is 0 Å². The Balaban J connectivity index is 1.51. The third-order valence-corrected chi connectivity index (χ3v) is 8.09. The van der Waals surface area contributed by atoms with Gasteiger partial charge < -0.3 is 5.11 Å². The van der Waals surface area contributed by atoms with Crippen LogP contribution < -0.4 is 4.72 Å². The van der Waals surface area contributed by atoms with E-state index in [9.17, 15) is 13.7 Å². The van der Waals surface area contributed by atoms with Crippen LogP contribution in [0.4, 0.5) is 4.39 Å².